The minimum atomic E-state index is -1.00. The van der Waals surface area contributed by atoms with Gasteiger partial charge in [-0.25, -0.2) is 4.79 Å². The van der Waals surface area contributed by atoms with Gasteiger partial charge in [-0.15, -0.1) is 0 Å². The van der Waals surface area contributed by atoms with E-state index in [9.17, 15) is 14.7 Å². The predicted octanol–water partition coefficient (Wildman–Crippen LogP) is 2.47. The Morgan fingerprint density at radius 2 is 1.88 bits per heavy atom. The Morgan fingerprint density at radius 3 is 2.40 bits per heavy atom. The van der Waals surface area contributed by atoms with Crippen LogP contribution in [0.3, 0.4) is 0 Å². The van der Waals surface area contributed by atoms with Crippen molar-refractivity contribution in [2.45, 2.75) is 46.2 Å². The van der Waals surface area contributed by atoms with E-state index in [2.05, 4.69) is 5.10 Å². The molecule has 0 spiro atoms. The van der Waals surface area contributed by atoms with Crippen LogP contribution in [0.25, 0.3) is 0 Å². The van der Waals surface area contributed by atoms with Gasteiger partial charge >= 0.3 is 5.97 Å². The maximum absolute atomic E-state index is 12.7. The van der Waals surface area contributed by atoms with Crippen LogP contribution < -0.4 is 0 Å². The molecule has 0 saturated carbocycles. The fraction of sp³-hybridized carbons (Fsp3) is 0.421. The van der Waals surface area contributed by atoms with Crippen LogP contribution in [0.2, 0.25) is 0 Å². The van der Waals surface area contributed by atoms with E-state index in [-0.39, 0.29) is 18.9 Å². The van der Waals surface area contributed by atoms with Crippen LogP contribution in [0.15, 0.2) is 30.3 Å². The molecule has 0 radical (unpaired) electrons. The molecule has 0 saturated heterocycles. The molecule has 1 aromatic carbocycles. The lowest BCUT2D eigenvalue weighted by Crippen LogP contribution is -2.42. The maximum Gasteiger partial charge on any atom is 0.326 e. The van der Waals surface area contributed by atoms with Crippen molar-refractivity contribution in [1.29, 1.82) is 0 Å². The quantitative estimate of drug-likeness (QED) is 0.838. The summed E-state index contributed by atoms with van der Waals surface area (Å²) in [5.74, 6) is -1.17. The number of hydrogen-bond acceptors (Lipinski definition) is 3. The molecular weight excluding hydrogens is 318 g/mol. The minimum Gasteiger partial charge on any atom is -0.480 e. The number of rotatable bonds is 7. The van der Waals surface area contributed by atoms with Gasteiger partial charge < -0.3 is 10.0 Å². The molecule has 0 aliphatic carbocycles. The van der Waals surface area contributed by atoms with E-state index in [1.165, 1.54) is 4.90 Å². The summed E-state index contributed by atoms with van der Waals surface area (Å²) in [5, 5.41) is 13.7. The molecule has 6 nitrogen and oxygen atoms in total. The van der Waals surface area contributed by atoms with Crippen molar-refractivity contribution in [3.63, 3.8) is 0 Å². The molecule has 2 rings (SSSR count). The molecule has 0 aliphatic rings. The summed E-state index contributed by atoms with van der Waals surface area (Å²) in [5.41, 5.74) is 3.91. The van der Waals surface area contributed by atoms with Crippen molar-refractivity contribution in [1.82, 2.24) is 14.7 Å². The van der Waals surface area contributed by atoms with Gasteiger partial charge in [-0.1, -0.05) is 30.3 Å². The van der Waals surface area contributed by atoms with Crippen LogP contribution in [0.4, 0.5) is 0 Å². The van der Waals surface area contributed by atoms with Crippen molar-refractivity contribution >= 4 is 11.9 Å². The Kier molecular flexibility index (Phi) is 5.96. The third-order valence-electron chi connectivity index (χ3n) is 4.59. The Morgan fingerprint density at radius 1 is 1.24 bits per heavy atom. The zero-order valence-corrected chi connectivity index (χ0v) is 15.2. The van der Waals surface area contributed by atoms with Gasteiger partial charge in [0.05, 0.1) is 5.69 Å². The Hall–Kier alpha value is -2.63. The second kappa shape index (κ2) is 7.96. The number of nitrogens with zero attached hydrogens (tertiary/aromatic N) is 3. The summed E-state index contributed by atoms with van der Waals surface area (Å²) < 4.78 is 1.80. The van der Waals surface area contributed by atoms with Crippen molar-refractivity contribution < 1.29 is 14.7 Å². The summed E-state index contributed by atoms with van der Waals surface area (Å²) in [4.78, 5) is 25.6. The number of carboxylic acids is 1. The van der Waals surface area contributed by atoms with Gasteiger partial charge in [-0.05, 0) is 38.3 Å². The second-order valence-electron chi connectivity index (χ2n) is 6.29. The van der Waals surface area contributed by atoms with E-state index in [0.29, 0.717) is 6.42 Å². The van der Waals surface area contributed by atoms with Crippen LogP contribution in [0.5, 0.6) is 0 Å². The molecule has 6 heteroatoms. The number of amides is 1. The molecule has 2 aromatic rings. The van der Waals surface area contributed by atoms with E-state index >= 15 is 0 Å². The highest BCUT2D eigenvalue weighted by molar-refractivity contribution is 5.83. The highest BCUT2D eigenvalue weighted by Gasteiger charge is 2.26. The number of hydrogen-bond donors (Lipinski definition) is 1. The third kappa shape index (κ3) is 4.47. The minimum absolute atomic E-state index is 0.165. The molecule has 25 heavy (non-hydrogen) atoms. The monoisotopic (exact) mass is 343 g/mol. The lowest BCUT2D eigenvalue weighted by molar-refractivity contribution is -0.150. The zero-order valence-electron chi connectivity index (χ0n) is 15.2. The van der Waals surface area contributed by atoms with Gasteiger partial charge in [0.15, 0.2) is 0 Å². The normalized spacial score (nSPS) is 12.0. The molecule has 1 amide bonds. The number of carbonyl (C=O) groups is 2. The highest BCUT2D eigenvalue weighted by Crippen LogP contribution is 2.17. The Labute approximate surface area is 148 Å². The first kappa shape index (κ1) is 18.7. The van der Waals surface area contributed by atoms with Crippen LogP contribution in [0.1, 0.15) is 35.9 Å². The SMILES string of the molecule is Cc1nn(C)c(C)c1CCC(=O)N(Cc1ccccc1)C(C)C(=O)O. The summed E-state index contributed by atoms with van der Waals surface area (Å²) >= 11 is 0. The summed E-state index contributed by atoms with van der Waals surface area (Å²) in [6.07, 6.45) is 0.819. The third-order valence-corrected chi connectivity index (χ3v) is 4.59. The van der Waals surface area contributed by atoms with Crippen LogP contribution >= 0.6 is 0 Å². The second-order valence-corrected chi connectivity index (χ2v) is 6.29. The molecular formula is C19H25N3O3. The molecule has 1 heterocycles. The van der Waals surface area contributed by atoms with E-state index in [1.807, 2.05) is 51.2 Å². The van der Waals surface area contributed by atoms with Crippen molar-refractivity contribution in [3.05, 3.63) is 52.8 Å². The first-order chi connectivity index (χ1) is 11.8. The lowest BCUT2D eigenvalue weighted by atomic mass is 10.1. The molecule has 1 unspecified atom stereocenters. The maximum atomic E-state index is 12.7. The van der Waals surface area contributed by atoms with E-state index in [1.54, 1.807) is 11.6 Å². The average molecular weight is 343 g/mol. The summed E-state index contributed by atoms with van der Waals surface area (Å²) in [6.45, 7) is 5.73. The number of carboxylic acid groups (broad SMARTS) is 1. The average Bonchev–Trinajstić information content (AvgIpc) is 2.83. The standard InChI is InChI=1S/C19H25N3O3/c1-13-17(14(2)21(4)20-13)10-11-18(23)22(15(3)19(24)25)12-16-8-6-5-7-9-16/h5-9,15H,10-12H2,1-4H3,(H,24,25). The van der Waals surface area contributed by atoms with Gasteiger partial charge in [0, 0.05) is 25.7 Å². The first-order valence-corrected chi connectivity index (χ1v) is 8.36. The van der Waals surface area contributed by atoms with Crippen molar-refractivity contribution in [3.8, 4) is 0 Å². The molecule has 1 aromatic heterocycles. The summed E-state index contributed by atoms with van der Waals surface area (Å²) in [6, 6.07) is 8.57. The Bertz CT molecular complexity index is 753. The topological polar surface area (TPSA) is 75.4 Å². The van der Waals surface area contributed by atoms with E-state index in [0.717, 1.165) is 22.5 Å². The lowest BCUT2D eigenvalue weighted by Gasteiger charge is -2.27. The van der Waals surface area contributed by atoms with Gasteiger partial charge in [0.2, 0.25) is 5.91 Å². The van der Waals surface area contributed by atoms with Gasteiger partial charge in [0.25, 0.3) is 0 Å². The van der Waals surface area contributed by atoms with Crippen molar-refractivity contribution in [2.75, 3.05) is 0 Å². The fourth-order valence-corrected chi connectivity index (χ4v) is 2.91. The first-order valence-electron chi connectivity index (χ1n) is 8.36. The number of aliphatic carboxylic acids is 1. The van der Waals surface area contributed by atoms with Gasteiger partial charge in [-0.2, -0.15) is 5.10 Å². The largest absolute Gasteiger partial charge is 0.480 e. The molecule has 1 N–H and O–H groups in total. The molecule has 0 aliphatic heterocycles. The zero-order chi connectivity index (χ0) is 18.6. The number of carbonyl (C=O) groups excluding carboxylic acids is 1. The van der Waals surface area contributed by atoms with Gasteiger partial charge in [0.1, 0.15) is 6.04 Å². The smallest absolute Gasteiger partial charge is 0.326 e. The molecule has 1 atom stereocenters. The van der Waals surface area contributed by atoms with Crippen LogP contribution in [-0.2, 0) is 29.6 Å². The number of aryl methyl sites for hydroxylation is 2. The van der Waals surface area contributed by atoms with E-state index < -0.39 is 12.0 Å². The fourth-order valence-electron chi connectivity index (χ4n) is 2.91. The van der Waals surface area contributed by atoms with Crippen LogP contribution in [-0.4, -0.2) is 37.7 Å². The summed E-state index contributed by atoms with van der Waals surface area (Å²) in [7, 11) is 1.88. The Balaban J connectivity index is 2.13. The van der Waals surface area contributed by atoms with Crippen LogP contribution in [0, 0.1) is 13.8 Å². The number of benzene rings is 1. The molecule has 0 bridgehead atoms. The van der Waals surface area contributed by atoms with E-state index in [4.69, 9.17) is 0 Å². The predicted molar refractivity (Wildman–Crippen MR) is 95.1 cm³/mol. The van der Waals surface area contributed by atoms with Crippen molar-refractivity contribution in [2.24, 2.45) is 7.05 Å². The highest BCUT2D eigenvalue weighted by atomic mass is 16.4. The number of aromatic nitrogens is 2. The molecule has 0 fully saturated rings. The van der Waals surface area contributed by atoms with Gasteiger partial charge in [-0.3, -0.25) is 9.48 Å². The molecule has 134 valence electrons.